The van der Waals surface area contributed by atoms with Crippen molar-refractivity contribution in [1.82, 2.24) is 4.98 Å². The Bertz CT molecular complexity index is 272. The molecule has 0 radical (unpaired) electrons. The number of carbonyl (C=O) groups excluding carboxylic acids is 1. The van der Waals surface area contributed by atoms with Crippen LogP contribution in [0, 0.1) is 6.92 Å². The highest BCUT2D eigenvalue weighted by Crippen LogP contribution is 2.13. The number of pyridine rings is 1. The lowest BCUT2D eigenvalue weighted by Gasteiger charge is -2.02. The fourth-order valence-corrected chi connectivity index (χ4v) is 0.759. The van der Waals surface area contributed by atoms with Gasteiger partial charge in [-0.3, -0.25) is 9.78 Å². The number of anilines is 2. The molecule has 11 heavy (non-hydrogen) atoms. The van der Waals surface area contributed by atoms with Crippen LogP contribution in [0.15, 0.2) is 12.3 Å². The molecule has 3 N–H and O–H groups in total. The summed E-state index contributed by atoms with van der Waals surface area (Å²) < 4.78 is 0. The average molecular weight is 151 g/mol. The third kappa shape index (κ3) is 1.67. The molecule has 0 spiro atoms. The van der Waals surface area contributed by atoms with E-state index in [1.54, 1.807) is 19.2 Å². The molecule has 0 aliphatic heterocycles. The molecule has 0 aliphatic rings. The number of aryl methyl sites for hydroxylation is 1. The highest BCUT2D eigenvalue weighted by Gasteiger charge is 1.96. The quantitative estimate of drug-likeness (QED) is 0.606. The molecule has 1 aromatic rings. The maximum atomic E-state index is 10.1. The van der Waals surface area contributed by atoms with E-state index in [-0.39, 0.29) is 0 Å². The van der Waals surface area contributed by atoms with Gasteiger partial charge in [-0.25, -0.2) is 0 Å². The molecule has 0 unspecified atom stereocenters. The Morgan fingerprint density at radius 3 is 3.09 bits per heavy atom. The predicted octanol–water partition coefficient (Wildman–Crippen LogP) is 0.541. The van der Waals surface area contributed by atoms with Gasteiger partial charge in [0.15, 0.2) is 0 Å². The van der Waals surface area contributed by atoms with Crippen LogP contribution < -0.4 is 11.1 Å². The molecule has 0 aliphatic carbocycles. The van der Waals surface area contributed by atoms with Crippen LogP contribution in [0.4, 0.5) is 11.4 Å². The van der Waals surface area contributed by atoms with Crippen molar-refractivity contribution >= 4 is 17.8 Å². The lowest BCUT2D eigenvalue weighted by Crippen LogP contribution is -1.99. The first-order chi connectivity index (χ1) is 5.24. The Kier molecular flexibility index (Phi) is 2.06. The summed E-state index contributed by atoms with van der Waals surface area (Å²) in [5.74, 6) is 0. The number of hydrogen-bond donors (Lipinski definition) is 2. The van der Waals surface area contributed by atoms with Crippen LogP contribution in [-0.2, 0) is 4.79 Å². The minimum atomic E-state index is 0.542. The average Bonchev–Trinajstić information content (AvgIpc) is 1.98. The summed E-state index contributed by atoms with van der Waals surface area (Å²) in [5, 5.41) is 2.49. The monoisotopic (exact) mass is 151 g/mol. The fourth-order valence-electron chi connectivity index (χ4n) is 0.759. The number of nitrogen functional groups attached to an aromatic ring is 1. The van der Waals surface area contributed by atoms with Gasteiger partial charge in [0.25, 0.3) is 0 Å². The van der Waals surface area contributed by atoms with Gasteiger partial charge in [-0.05, 0) is 13.0 Å². The maximum Gasteiger partial charge on any atom is 0.211 e. The summed E-state index contributed by atoms with van der Waals surface area (Å²) in [6.45, 7) is 1.80. The van der Waals surface area contributed by atoms with Crippen LogP contribution in [0.1, 0.15) is 5.69 Å². The molecule has 4 nitrogen and oxygen atoms in total. The second-order valence-electron chi connectivity index (χ2n) is 2.16. The van der Waals surface area contributed by atoms with Crippen LogP contribution >= 0.6 is 0 Å². The van der Waals surface area contributed by atoms with E-state index >= 15 is 0 Å². The molecule has 0 fully saturated rings. The molecule has 58 valence electrons. The van der Waals surface area contributed by atoms with Gasteiger partial charge in [-0.2, -0.15) is 0 Å². The molecule has 0 bridgehead atoms. The molecule has 0 saturated heterocycles. The van der Waals surface area contributed by atoms with Crippen LogP contribution in [0.3, 0.4) is 0 Å². The standard InChI is InChI=1S/C7H9N3O/c1-5-7(10-4-11)2-6(8)3-9-5/h2-4H,8H2,1H3,(H,10,11). The van der Waals surface area contributed by atoms with Crippen LogP contribution in [0.5, 0.6) is 0 Å². The second-order valence-corrected chi connectivity index (χ2v) is 2.16. The Balaban J connectivity index is 3.01. The number of nitrogens with one attached hydrogen (secondary N) is 1. The van der Waals surface area contributed by atoms with E-state index in [4.69, 9.17) is 5.73 Å². The molecule has 0 atom stereocenters. The lowest BCUT2D eigenvalue weighted by molar-refractivity contribution is -0.105. The van der Waals surface area contributed by atoms with Gasteiger partial charge >= 0.3 is 0 Å². The van der Waals surface area contributed by atoms with Crippen molar-refractivity contribution in [2.45, 2.75) is 6.92 Å². The van der Waals surface area contributed by atoms with E-state index < -0.39 is 0 Å². The van der Waals surface area contributed by atoms with Crippen molar-refractivity contribution in [3.05, 3.63) is 18.0 Å². The van der Waals surface area contributed by atoms with E-state index in [2.05, 4.69) is 10.3 Å². The molecule has 0 aromatic carbocycles. The molecule has 1 rings (SSSR count). The van der Waals surface area contributed by atoms with Crippen molar-refractivity contribution in [2.24, 2.45) is 0 Å². The van der Waals surface area contributed by atoms with E-state index in [9.17, 15) is 4.79 Å². The van der Waals surface area contributed by atoms with Gasteiger partial charge in [0, 0.05) is 0 Å². The van der Waals surface area contributed by atoms with Gasteiger partial charge < -0.3 is 11.1 Å². The zero-order valence-corrected chi connectivity index (χ0v) is 6.16. The molecule has 4 heteroatoms. The van der Waals surface area contributed by atoms with Gasteiger partial charge in [0.05, 0.1) is 23.3 Å². The minimum absolute atomic E-state index is 0.542. The van der Waals surface area contributed by atoms with Crippen molar-refractivity contribution in [3.63, 3.8) is 0 Å². The second kappa shape index (κ2) is 3.01. The predicted molar refractivity (Wildman–Crippen MR) is 43.1 cm³/mol. The maximum absolute atomic E-state index is 10.1. The topological polar surface area (TPSA) is 68.0 Å². The van der Waals surface area contributed by atoms with Crippen LogP contribution in [-0.4, -0.2) is 11.4 Å². The summed E-state index contributed by atoms with van der Waals surface area (Å²) in [4.78, 5) is 14.0. The van der Waals surface area contributed by atoms with Crippen molar-refractivity contribution in [3.8, 4) is 0 Å². The Morgan fingerprint density at radius 2 is 2.45 bits per heavy atom. The largest absolute Gasteiger partial charge is 0.397 e. The zero-order valence-electron chi connectivity index (χ0n) is 6.16. The van der Waals surface area contributed by atoms with Crippen molar-refractivity contribution < 1.29 is 4.79 Å². The molecule has 0 saturated carbocycles. The van der Waals surface area contributed by atoms with Crippen LogP contribution in [0.25, 0.3) is 0 Å². The highest BCUT2D eigenvalue weighted by molar-refractivity contribution is 5.74. The first-order valence-electron chi connectivity index (χ1n) is 3.16. The van der Waals surface area contributed by atoms with Crippen LogP contribution in [0.2, 0.25) is 0 Å². The van der Waals surface area contributed by atoms with Crippen molar-refractivity contribution in [2.75, 3.05) is 11.1 Å². The molecular formula is C7H9N3O. The number of rotatable bonds is 2. The number of nitrogens with zero attached hydrogens (tertiary/aromatic N) is 1. The molecular weight excluding hydrogens is 142 g/mol. The molecule has 1 heterocycles. The number of amides is 1. The summed E-state index contributed by atoms with van der Waals surface area (Å²) in [7, 11) is 0. The normalized spacial score (nSPS) is 9.18. The molecule has 1 aromatic heterocycles. The number of nitrogens with two attached hydrogens (primary N) is 1. The summed E-state index contributed by atoms with van der Waals surface area (Å²) >= 11 is 0. The lowest BCUT2D eigenvalue weighted by atomic mass is 10.3. The summed E-state index contributed by atoms with van der Waals surface area (Å²) in [6, 6.07) is 1.66. The number of aromatic nitrogens is 1. The Labute approximate surface area is 64.4 Å². The Morgan fingerprint density at radius 1 is 1.73 bits per heavy atom. The SMILES string of the molecule is Cc1ncc(N)cc1NC=O. The van der Waals surface area contributed by atoms with Crippen molar-refractivity contribution in [1.29, 1.82) is 0 Å². The third-order valence-corrected chi connectivity index (χ3v) is 1.32. The van der Waals surface area contributed by atoms with Gasteiger partial charge in [0.2, 0.25) is 6.41 Å². The van der Waals surface area contributed by atoms with E-state index in [1.807, 2.05) is 0 Å². The van der Waals surface area contributed by atoms with E-state index in [1.165, 1.54) is 0 Å². The summed E-state index contributed by atoms with van der Waals surface area (Å²) in [5.41, 5.74) is 7.39. The first kappa shape index (κ1) is 7.53. The summed E-state index contributed by atoms with van der Waals surface area (Å²) in [6.07, 6.45) is 2.15. The van der Waals surface area contributed by atoms with E-state index in [0.717, 1.165) is 5.69 Å². The highest BCUT2D eigenvalue weighted by atomic mass is 16.1. The van der Waals surface area contributed by atoms with Gasteiger partial charge in [-0.15, -0.1) is 0 Å². The smallest absolute Gasteiger partial charge is 0.211 e. The molecule has 1 amide bonds. The number of hydrogen-bond acceptors (Lipinski definition) is 3. The first-order valence-corrected chi connectivity index (χ1v) is 3.16. The number of carbonyl (C=O) groups is 1. The van der Waals surface area contributed by atoms with Gasteiger partial charge in [-0.1, -0.05) is 0 Å². The Hall–Kier alpha value is -1.58. The van der Waals surface area contributed by atoms with E-state index in [0.29, 0.717) is 17.8 Å². The minimum Gasteiger partial charge on any atom is -0.397 e. The zero-order chi connectivity index (χ0) is 8.27. The fraction of sp³-hybridized carbons (Fsp3) is 0.143. The van der Waals surface area contributed by atoms with Gasteiger partial charge in [0.1, 0.15) is 0 Å². The third-order valence-electron chi connectivity index (χ3n) is 1.32.